The summed E-state index contributed by atoms with van der Waals surface area (Å²) >= 11 is 0. The third kappa shape index (κ3) is 2.88. The largest absolute Gasteiger partial charge is 0.307 e. The molecule has 7 nitrogen and oxygen atoms in total. The average molecular weight is 319 g/mol. The van der Waals surface area contributed by atoms with Crippen molar-refractivity contribution in [2.24, 2.45) is 7.05 Å². The Balaban J connectivity index is 1.68. The molecule has 3 aromatic rings. The van der Waals surface area contributed by atoms with E-state index < -0.39 is 10.0 Å². The van der Waals surface area contributed by atoms with Gasteiger partial charge >= 0.3 is 0 Å². The minimum Gasteiger partial charge on any atom is -0.307 e. The van der Waals surface area contributed by atoms with E-state index in [0.717, 1.165) is 16.9 Å². The highest BCUT2D eigenvalue weighted by molar-refractivity contribution is 7.89. The molecule has 0 unspecified atom stereocenters. The number of sulfonamides is 1. The number of hydrogen-bond donors (Lipinski definition) is 1. The number of aromatic nitrogens is 4. The lowest BCUT2D eigenvalue weighted by Gasteiger charge is -2.02. The van der Waals surface area contributed by atoms with Crippen molar-refractivity contribution in [3.8, 4) is 0 Å². The maximum atomic E-state index is 12.1. The summed E-state index contributed by atoms with van der Waals surface area (Å²) in [6, 6.07) is 3.95. The number of nitrogens with one attached hydrogen (secondary N) is 1. The zero-order valence-electron chi connectivity index (χ0n) is 12.4. The SMILES string of the molecule is Cc1cccn2cc(CCNS(=O)(=O)c3cnn(C)c3)nc12. The fourth-order valence-corrected chi connectivity index (χ4v) is 3.27. The van der Waals surface area contributed by atoms with E-state index in [1.54, 1.807) is 7.05 Å². The van der Waals surface area contributed by atoms with Gasteiger partial charge in [0.25, 0.3) is 0 Å². The molecule has 0 fully saturated rings. The zero-order valence-corrected chi connectivity index (χ0v) is 13.2. The topological polar surface area (TPSA) is 81.3 Å². The standard InChI is InChI=1S/C14H17N5O2S/c1-11-4-3-7-19-9-12(17-14(11)19)5-6-16-22(20,21)13-8-15-18(2)10-13/h3-4,7-10,16H,5-6H2,1-2H3. The average Bonchev–Trinajstić information content (AvgIpc) is 3.06. The number of pyridine rings is 1. The highest BCUT2D eigenvalue weighted by Gasteiger charge is 2.15. The quantitative estimate of drug-likeness (QED) is 0.757. The first-order chi connectivity index (χ1) is 10.5. The molecular formula is C14H17N5O2S. The summed E-state index contributed by atoms with van der Waals surface area (Å²) < 4.78 is 30.1. The number of nitrogens with zero attached hydrogens (tertiary/aromatic N) is 4. The summed E-state index contributed by atoms with van der Waals surface area (Å²) in [5, 5.41) is 3.87. The molecule has 0 saturated carbocycles. The van der Waals surface area contributed by atoms with E-state index in [4.69, 9.17) is 0 Å². The Morgan fingerprint density at radius 1 is 1.32 bits per heavy atom. The van der Waals surface area contributed by atoms with Gasteiger partial charge in [-0.25, -0.2) is 18.1 Å². The molecule has 0 spiro atoms. The van der Waals surface area contributed by atoms with Gasteiger partial charge in [-0.15, -0.1) is 0 Å². The Kier molecular flexibility index (Phi) is 3.71. The Morgan fingerprint density at radius 3 is 2.82 bits per heavy atom. The minimum atomic E-state index is -3.52. The van der Waals surface area contributed by atoms with E-state index in [-0.39, 0.29) is 4.90 Å². The molecule has 0 radical (unpaired) electrons. The summed E-state index contributed by atoms with van der Waals surface area (Å²) in [6.07, 6.45) is 7.17. The van der Waals surface area contributed by atoms with Crippen LogP contribution in [0.2, 0.25) is 0 Å². The van der Waals surface area contributed by atoms with E-state index >= 15 is 0 Å². The second kappa shape index (κ2) is 5.54. The predicted molar refractivity (Wildman–Crippen MR) is 82.0 cm³/mol. The molecule has 0 aromatic carbocycles. The van der Waals surface area contributed by atoms with Crippen molar-refractivity contribution >= 4 is 15.7 Å². The van der Waals surface area contributed by atoms with Gasteiger partial charge in [0.15, 0.2) is 0 Å². The van der Waals surface area contributed by atoms with Crippen molar-refractivity contribution in [3.63, 3.8) is 0 Å². The maximum Gasteiger partial charge on any atom is 0.243 e. The van der Waals surface area contributed by atoms with Crippen LogP contribution in [-0.4, -0.2) is 34.1 Å². The number of aryl methyl sites for hydroxylation is 2. The van der Waals surface area contributed by atoms with Crippen molar-refractivity contribution in [3.05, 3.63) is 48.2 Å². The molecule has 0 saturated heterocycles. The Bertz CT molecular complexity index is 910. The lowest BCUT2D eigenvalue weighted by Crippen LogP contribution is -2.25. The van der Waals surface area contributed by atoms with Gasteiger partial charge in [-0.3, -0.25) is 4.68 Å². The molecule has 0 aliphatic rings. The van der Waals surface area contributed by atoms with Crippen LogP contribution in [0, 0.1) is 6.92 Å². The molecule has 0 aliphatic heterocycles. The molecule has 8 heteroatoms. The molecule has 1 N–H and O–H groups in total. The van der Waals surface area contributed by atoms with Gasteiger partial charge in [-0.2, -0.15) is 5.10 Å². The Morgan fingerprint density at radius 2 is 2.14 bits per heavy atom. The van der Waals surface area contributed by atoms with Crippen molar-refractivity contribution in [1.29, 1.82) is 0 Å². The van der Waals surface area contributed by atoms with E-state index in [2.05, 4.69) is 14.8 Å². The zero-order chi connectivity index (χ0) is 15.7. The summed E-state index contributed by atoms with van der Waals surface area (Å²) in [5.41, 5.74) is 2.83. The summed E-state index contributed by atoms with van der Waals surface area (Å²) in [5.74, 6) is 0. The maximum absolute atomic E-state index is 12.1. The van der Waals surface area contributed by atoms with Gasteiger partial charge in [0, 0.05) is 38.6 Å². The second-order valence-electron chi connectivity index (χ2n) is 5.15. The van der Waals surface area contributed by atoms with Crippen molar-refractivity contribution in [2.45, 2.75) is 18.2 Å². The van der Waals surface area contributed by atoms with Crippen LogP contribution in [0.15, 0.2) is 41.8 Å². The van der Waals surface area contributed by atoms with Gasteiger partial charge in [0.1, 0.15) is 10.5 Å². The number of rotatable bonds is 5. The lowest BCUT2D eigenvalue weighted by atomic mass is 10.3. The molecular weight excluding hydrogens is 302 g/mol. The molecule has 0 atom stereocenters. The fraction of sp³-hybridized carbons (Fsp3) is 0.286. The Hall–Kier alpha value is -2.19. The first-order valence-electron chi connectivity index (χ1n) is 6.87. The first-order valence-corrected chi connectivity index (χ1v) is 8.35. The van der Waals surface area contributed by atoms with Crippen LogP contribution in [0.25, 0.3) is 5.65 Å². The fourth-order valence-electron chi connectivity index (χ4n) is 2.26. The van der Waals surface area contributed by atoms with Crippen LogP contribution in [0.1, 0.15) is 11.3 Å². The number of fused-ring (bicyclic) bond motifs is 1. The molecule has 3 rings (SSSR count). The summed E-state index contributed by atoms with van der Waals surface area (Å²) in [6.45, 7) is 2.29. The normalized spacial score (nSPS) is 12.1. The highest BCUT2D eigenvalue weighted by Crippen LogP contribution is 2.10. The van der Waals surface area contributed by atoms with Crippen LogP contribution in [0.4, 0.5) is 0 Å². The van der Waals surface area contributed by atoms with Crippen LogP contribution < -0.4 is 4.72 Å². The van der Waals surface area contributed by atoms with E-state index in [1.165, 1.54) is 17.1 Å². The van der Waals surface area contributed by atoms with Gasteiger partial charge in [-0.05, 0) is 18.6 Å². The van der Waals surface area contributed by atoms with Gasteiger partial charge in [0.2, 0.25) is 10.0 Å². The van der Waals surface area contributed by atoms with Crippen molar-refractivity contribution < 1.29 is 8.42 Å². The summed E-state index contributed by atoms with van der Waals surface area (Å²) in [7, 11) is -1.84. The van der Waals surface area contributed by atoms with E-state index in [0.29, 0.717) is 13.0 Å². The molecule has 3 heterocycles. The number of imidazole rings is 1. The van der Waals surface area contributed by atoms with Crippen LogP contribution in [-0.2, 0) is 23.5 Å². The van der Waals surface area contributed by atoms with Gasteiger partial charge < -0.3 is 4.40 Å². The molecule has 116 valence electrons. The second-order valence-corrected chi connectivity index (χ2v) is 6.92. The van der Waals surface area contributed by atoms with Crippen LogP contribution in [0.3, 0.4) is 0 Å². The minimum absolute atomic E-state index is 0.167. The Labute approximate surface area is 128 Å². The van der Waals surface area contributed by atoms with Gasteiger partial charge in [-0.1, -0.05) is 6.07 Å². The highest BCUT2D eigenvalue weighted by atomic mass is 32.2. The van der Waals surface area contributed by atoms with Gasteiger partial charge in [0.05, 0.1) is 11.9 Å². The lowest BCUT2D eigenvalue weighted by molar-refractivity contribution is 0.581. The molecule has 22 heavy (non-hydrogen) atoms. The third-order valence-electron chi connectivity index (χ3n) is 3.39. The monoisotopic (exact) mass is 319 g/mol. The summed E-state index contributed by atoms with van der Waals surface area (Å²) in [4.78, 5) is 4.69. The van der Waals surface area contributed by atoms with E-state index in [9.17, 15) is 8.42 Å². The van der Waals surface area contributed by atoms with E-state index in [1.807, 2.05) is 35.9 Å². The molecule has 0 amide bonds. The first kappa shape index (κ1) is 14.7. The van der Waals surface area contributed by atoms with Crippen molar-refractivity contribution in [2.75, 3.05) is 6.54 Å². The molecule has 0 aliphatic carbocycles. The third-order valence-corrected chi connectivity index (χ3v) is 4.81. The molecule has 0 bridgehead atoms. The predicted octanol–water partition coefficient (Wildman–Crippen LogP) is 0.897. The van der Waals surface area contributed by atoms with Crippen LogP contribution >= 0.6 is 0 Å². The molecule has 3 aromatic heterocycles. The smallest absolute Gasteiger partial charge is 0.243 e. The van der Waals surface area contributed by atoms with Crippen LogP contribution in [0.5, 0.6) is 0 Å². The van der Waals surface area contributed by atoms with Crippen molar-refractivity contribution in [1.82, 2.24) is 23.9 Å². The number of hydrogen-bond acceptors (Lipinski definition) is 4.